The average Bonchev–Trinajstić information content (AvgIpc) is 3.02. The second kappa shape index (κ2) is 8.35. The Labute approximate surface area is 161 Å². The SMILES string of the molecule is Cc1ccc(N2C(=O)CN=C2S[C@H](C)C(=O)NCc2ccc(F)cc2)cc1. The van der Waals surface area contributed by atoms with Gasteiger partial charge >= 0.3 is 0 Å². The molecule has 2 aromatic rings. The van der Waals surface area contributed by atoms with Crippen LogP contribution in [0.25, 0.3) is 0 Å². The summed E-state index contributed by atoms with van der Waals surface area (Å²) in [5.74, 6) is -0.593. The lowest BCUT2D eigenvalue weighted by Gasteiger charge is -2.20. The van der Waals surface area contributed by atoms with Crippen LogP contribution in [-0.2, 0) is 16.1 Å². The highest BCUT2D eigenvalue weighted by molar-refractivity contribution is 8.15. The first kappa shape index (κ1) is 19.1. The Morgan fingerprint density at radius 2 is 1.89 bits per heavy atom. The molecule has 140 valence electrons. The Kier molecular flexibility index (Phi) is 5.91. The number of thioether (sulfide) groups is 1. The maximum Gasteiger partial charge on any atom is 0.254 e. The summed E-state index contributed by atoms with van der Waals surface area (Å²) in [5.41, 5.74) is 2.66. The molecule has 0 aliphatic carbocycles. The molecule has 1 atom stereocenters. The summed E-state index contributed by atoms with van der Waals surface area (Å²) in [4.78, 5) is 30.4. The number of rotatable bonds is 5. The van der Waals surface area contributed by atoms with Crippen molar-refractivity contribution in [3.05, 3.63) is 65.5 Å². The van der Waals surface area contributed by atoms with Gasteiger partial charge < -0.3 is 5.32 Å². The number of anilines is 1. The van der Waals surface area contributed by atoms with Gasteiger partial charge in [0.25, 0.3) is 5.91 Å². The summed E-state index contributed by atoms with van der Waals surface area (Å²) in [7, 11) is 0. The van der Waals surface area contributed by atoms with Crippen molar-refractivity contribution >= 4 is 34.4 Å². The van der Waals surface area contributed by atoms with Crippen molar-refractivity contribution in [1.82, 2.24) is 5.32 Å². The van der Waals surface area contributed by atoms with Gasteiger partial charge in [-0.25, -0.2) is 4.39 Å². The van der Waals surface area contributed by atoms with Crippen molar-refractivity contribution in [2.45, 2.75) is 25.6 Å². The van der Waals surface area contributed by atoms with Gasteiger partial charge in [-0.05, 0) is 43.7 Å². The third-order valence-corrected chi connectivity index (χ3v) is 5.20. The van der Waals surface area contributed by atoms with Gasteiger partial charge in [-0.3, -0.25) is 19.5 Å². The fourth-order valence-corrected chi connectivity index (χ4v) is 3.53. The lowest BCUT2D eigenvalue weighted by Crippen LogP contribution is -2.35. The van der Waals surface area contributed by atoms with Crippen molar-refractivity contribution in [2.75, 3.05) is 11.4 Å². The molecule has 0 aromatic heterocycles. The molecule has 0 radical (unpaired) electrons. The molecule has 0 saturated heterocycles. The molecule has 0 bridgehead atoms. The summed E-state index contributed by atoms with van der Waals surface area (Å²) in [6.45, 7) is 4.15. The molecule has 0 saturated carbocycles. The summed E-state index contributed by atoms with van der Waals surface area (Å²) in [6, 6.07) is 13.6. The maximum atomic E-state index is 12.9. The third-order valence-electron chi connectivity index (χ3n) is 4.11. The monoisotopic (exact) mass is 385 g/mol. The highest BCUT2D eigenvalue weighted by Gasteiger charge is 2.30. The number of halogens is 1. The van der Waals surface area contributed by atoms with Crippen LogP contribution < -0.4 is 10.2 Å². The lowest BCUT2D eigenvalue weighted by molar-refractivity contribution is -0.120. The lowest BCUT2D eigenvalue weighted by atomic mass is 10.2. The van der Waals surface area contributed by atoms with Gasteiger partial charge in [0.1, 0.15) is 12.4 Å². The van der Waals surface area contributed by atoms with E-state index >= 15 is 0 Å². The molecule has 2 aromatic carbocycles. The number of benzene rings is 2. The Hall–Kier alpha value is -2.67. The van der Waals surface area contributed by atoms with Crippen LogP contribution in [-0.4, -0.2) is 28.8 Å². The van der Waals surface area contributed by atoms with E-state index in [1.54, 1.807) is 24.0 Å². The highest BCUT2D eigenvalue weighted by atomic mass is 32.2. The zero-order valence-corrected chi connectivity index (χ0v) is 15.9. The standard InChI is InChI=1S/C20H20FN3O2S/c1-13-3-9-17(10-4-13)24-18(25)12-23-20(24)27-14(2)19(26)22-11-15-5-7-16(21)8-6-15/h3-10,14H,11-12H2,1-2H3,(H,22,26)/t14-/m1/s1. The molecule has 1 aliphatic rings. The fourth-order valence-electron chi connectivity index (χ4n) is 2.57. The van der Waals surface area contributed by atoms with Crippen LogP contribution in [0.4, 0.5) is 10.1 Å². The summed E-state index contributed by atoms with van der Waals surface area (Å²) in [5, 5.41) is 2.92. The van der Waals surface area contributed by atoms with Crippen LogP contribution in [0.15, 0.2) is 53.5 Å². The topological polar surface area (TPSA) is 61.8 Å². The number of carbonyl (C=O) groups excluding carboxylic acids is 2. The Balaban J connectivity index is 1.60. The van der Waals surface area contributed by atoms with Crippen LogP contribution in [0.1, 0.15) is 18.1 Å². The number of amidine groups is 1. The average molecular weight is 385 g/mol. The summed E-state index contributed by atoms with van der Waals surface area (Å²) in [6.07, 6.45) is 0. The molecule has 1 N–H and O–H groups in total. The normalized spacial score (nSPS) is 14.9. The van der Waals surface area contributed by atoms with Crippen molar-refractivity contribution in [3.8, 4) is 0 Å². The molecular formula is C20H20FN3O2S. The van der Waals surface area contributed by atoms with Gasteiger partial charge in [0.15, 0.2) is 5.17 Å². The first-order valence-corrected chi connectivity index (χ1v) is 9.45. The largest absolute Gasteiger partial charge is 0.351 e. The number of aryl methyl sites for hydroxylation is 1. The smallest absolute Gasteiger partial charge is 0.254 e. The van der Waals surface area contributed by atoms with Crippen molar-refractivity contribution < 1.29 is 14.0 Å². The molecule has 0 unspecified atom stereocenters. The van der Waals surface area contributed by atoms with Gasteiger partial charge in [0, 0.05) is 6.54 Å². The van der Waals surface area contributed by atoms with Crippen molar-refractivity contribution in [3.63, 3.8) is 0 Å². The van der Waals surface area contributed by atoms with Crippen molar-refractivity contribution in [2.24, 2.45) is 4.99 Å². The third kappa shape index (κ3) is 4.74. The number of hydrogen-bond acceptors (Lipinski definition) is 4. The van der Waals surface area contributed by atoms with E-state index in [-0.39, 0.29) is 24.2 Å². The number of amides is 2. The quantitative estimate of drug-likeness (QED) is 0.859. The molecule has 1 aliphatic heterocycles. The van der Waals surface area contributed by atoms with E-state index in [1.807, 2.05) is 31.2 Å². The van der Waals surface area contributed by atoms with Crippen LogP contribution in [0.2, 0.25) is 0 Å². The summed E-state index contributed by atoms with van der Waals surface area (Å²) < 4.78 is 12.9. The van der Waals surface area contributed by atoms with Crippen LogP contribution in [0.3, 0.4) is 0 Å². The van der Waals surface area contributed by atoms with Gasteiger partial charge in [0.05, 0.1) is 10.9 Å². The minimum absolute atomic E-state index is 0.0835. The second-order valence-corrected chi connectivity index (χ2v) is 7.58. The molecule has 2 amide bonds. The first-order chi connectivity index (χ1) is 12.9. The van der Waals surface area contributed by atoms with Crippen LogP contribution in [0.5, 0.6) is 0 Å². The van der Waals surface area contributed by atoms with E-state index in [0.717, 1.165) is 16.8 Å². The minimum Gasteiger partial charge on any atom is -0.351 e. The molecule has 3 rings (SSSR count). The van der Waals surface area contributed by atoms with Gasteiger partial charge in [-0.1, -0.05) is 41.6 Å². The molecule has 5 nitrogen and oxygen atoms in total. The van der Waals surface area contributed by atoms with E-state index in [2.05, 4.69) is 10.3 Å². The Bertz CT molecular complexity index is 866. The zero-order valence-electron chi connectivity index (χ0n) is 15.1. The number of carbonyl (C=O) groups is 2. The minimum atomic E-state index is -0.428. The molecular weight excluding hydrogens is 365 g/mol. The van der Waals surface area contributed by atoms with Crippen LogP contribution >= 0.6 is 11.8 Å². The molecule has 0 spiro atoms. The van der Waals surface area contributed by atoms with E-state index in [4.69, 9.17) is 0 Å². The molecule has 27 heavy (non-hydrogen) atoms. The van der Waals surface area contributed by atoms with E-state index < -0.39 is 5.25 Å². The predicted octanol–water partition coefficient (Wildman–Crippen LogP) is 3.27. The van der Waals surface area contributed by atoms with Gasteiger partial charge in [0.2, 0.25) is 5.91 Å². The first-order valence-electron chi connectivity index (χ1n) is 8.57. The molecule has 1 heterocycles. The number of nitrogens with one attached hydrogen (secondary N) is 1. The van der Waals surface area contributed by atoms with Crippen molar-refractivity contribution in [1.29, 1.82) is 0 Å². The summed E-state index contributed by atoms with van der Waals surface area (Å²) >= 11 is 1.25. The highest BCUT2D eigenvalue weighted by Crippen LogP contribution is 2.26. The predicted molar refractivity (Wildman–Crippen MR) is 106 cm³/mol. The molecule has 7 heteroatoms. The second-order valence-electron chi connectivity index (χ2n) is 6.27. The molecule has 0 fully saturated rings. The maximum absolute atomic E-state index is 12.9. The van der Waals surface area contributed by atoms with Gasteiger partial charge in [-0.15, -0.1) is 0 Å². The van der Waals surface area contributed by atoms with E-state index in [0.29, 0.717) is 11.7 Å². The Morgan fingerprint density at radius 1 is 1.22 bits per heavy atom. The van der Waals surface area contributed by atoms with E-state index in [9.17, 15) is 14.0 Å². The number of nitrogens with zero attached hydrogens (tertiary/aromatic N) is 2. The number of hydrogen-bond donors (Lipinski definition) is 1. The zero-order chi connectivity index (χ0) is 19.4. The number of aliphatic imine (C=N–C) groups is 1. The van der Waals surface area contributed by atoms with Gasteiger partial charge in [-0.2, -0.15) is 0 Å². The fraction of sp³-hybridized carbons (Fsp3) is 0.250. The Morgan fingerprint density at radius 3 is 2.56 bits per heavy atom. The van der Waals surface area contributed by atoms with E-state index in [1.165, 1.54) is 23.9 Å². The van der Waals surface area contributed by atoms with Crippen LogP contribution in [0, 0.1) is 12.7 Å².